The molecule has 0 radical (unpaired) electrons. The SMILES string of the molecule is CCOC1CC(CN)(N2CCC[C@H]3CCCC[C@H]32)C1. The van der Waals surface area contributed by atoms with Crippen molar-refractivity contribution in [1.29, 1.82) is 0 Å². The fourth-order valence-corrected chi connectivity index (χ4v) is 4.87. The minimum atomic E-state index is 0.278. The highest BCUT2D eigenvalue weighted by atomic mass is 16.5. The Morgan fingerprint density at radius 2 is 1.89 bits per heavy atom. The lowest BCUT2D eigenvalue weighted by Crippen LogP contribution is -2.68. The number of rotatable bonds is 4. The van der Waals surface area contributed by atoms with E-state index in [4.69, 9.17) is 10.5 Å². The Morgan fingerprint density at radius 3 is 2.63 bits per heavy atom. The van der Waals surface area contributed by atoms with Gasteiger partial charge in [-0.2, -0.15) is 0 Å². The van der Waals surface area contributed by atoms with Gasteiger partial charge < -0.3 is 10.5 Å². The van der Waals surface area contributed by atoms with Crippen LogP contribution in [0.1, 0.15) is 58.3 Å². The van der Waals surface area contributed by atoms with E-state index in [1.165, 1.54) is 57.9 Å². The molecule has 19 heavy (non-hydrogen) atoms. The quantitative estimate of drug-likeness (QED) is 0.850. The van der Waals surface area contributed by atoms with Gasteiger partial charge in [-0.1, -0.05) is 12.8 Å². The van der Waals surface area contributed by atoms with Crippen LogP contribution in [0, 0.1) is 5.92 Å². The zero-order chi connectivity index (χ0) is 13.3. The zero-order valence-corrected chi connectivity index (χ0v) is 12.4. The van der Waals surface area contributed by atoms with E-state index in [9.17, 15) is 0 Å². The van der Waals surface area contributed by atoms with Gasteiger partial charge in [0.25, 0.3) is 0 Å². The van der Waals surface area contributed by atoms with Crippen LogP contribution in [0.3, 0.4) is 0 Å². The van der Waals surface area contributed by atoms with Gasteiger partial charge >= 0.3 is 0 Å². The summed E-state index contributed by atoms with van der Waals surface area (Å²) in [5, 5.41) is 0. The van der Waals surface area contributed by atoms with E-state index >= 15 is 0 Å². The van der Waals surface area contributed by atoms with E-state index in [0.717, 1.165) is 25.1 Å². The highest BCUT2D eigenvalue weighted by molar-refractivity contribution is 5.08. The van der Waals surface area contributed by atoms with Gasteiger partial charge in [-0.05, 0) is 57.9 Å². The van der Waals surface area contributed by atoms with Gasteiger partial charge in [-0.3, -0.25) is 4.90 Å². The van der Waals surface area contributed by atoms with Crippen molar-refractivity contribution in [3.63, 3.8) is 0 Å². The van der Waals surface area contributed by atoms with Crippen molar-refractivity contribution >= 4 is 0 Å². The molecule has 2 aliphatic carbocycles. The zero-order valence-electron chi connectivity index (χ0n) is 12.4. The summed E-state index contributed by atoms with van der Waals surface area (Å²) < 4.78 is 5.78. The Hall–Kier alpha value is -0.120. The van der Waals surface area contributed by atoms with Crippen molar-refractivity contribution in [2.75, 3.05) is 19.7 Å². The molecule has 0 spiro atoms. The van der Waals surface area contributed by atoms with Crippen LogP contribution in [0.25, 0.3) is 0 Å². The average molecular weight is 266 g/mol. The van der Waals surface area contributed by atoms with E-state index in [2.05, 4.69) is 11.8 Å². The molecule has 1 heterocycles. The van der Waals surface area contributed by atoms with Gasteiger partial charge in [0.2, 0.25) is 0 Å². The summed E-state index contributed by atoms with van der Waals surface area (Å²) in [6.07, 6.45) is 11.4. The molecule has 2 saturated carbocycles. The van der Waals surface area contributed by atoms with Crippen LogP contribution in [0.4, 0.5) is 0 Å². The van der Waals surface area contributed by atoms with Gasteiger partial charge in [-0.25, -0.2) is 0 Å². The number of piperidine rings is 1. The first-order valence-electron chi connectivity index (χ1n) is 8.37. The smallest absolute Gasteiger partial charge is 0.0611 e. The molecule has 0 bridgehead atoms. The second kappa shape index (κ2) is 5.71. The van der Waals surface area contributed by atoms with Crippen molar-refractivity contribution in [2.24, 2.45) is 11.7 Å². The van der Waals surface area contributed by atoms with Crippen molar-refractivity contribution in [3.8, 4) is 0 Å². The third-order valence-electron chi connectivity index (χ3n) is 5.85. The summed E-state index contributed by atoms with van der Waals surface area (Å²) in [5.41, 5.74) is 6.46. The molecular weight excluding hydrogens is 236 g/mol. The summed E-state index contributed by atoms with van der Waals surface area (Å²) in [7, 11) is 0. The fraction of sp³-hybridized carbons (Fsp3) is 1.00. The maximum atomic E-state index is 6.18. The standard InChI is InChI=1S/C16H30N2O/c1-2-19-14-10-16(11-14,12-17)18-9-5-7-13-6-3-4-8-15(13)18/h13-15H,2-12,17H2,1H3/t13-,14?,15-,16?/m1/s1. The maximum absolute atomic E-state index is 6.18. The van der Waals surface area contributed by atoms with Crippen molar-refractivity contribution in [3.05, 3.63) is 0 Å². The number of fused-ring (bicyclic) bond motifs is 1. The molecule has 3 fully saturated rings. The molecule has 0 aromatic heterocycles. The molecule has 2 atom stereocenters. The lowest BCUT2D eigenvalue weighted by molar-refractivity contribution is -0.134. The maximum Gasteiger partial charge on any atom is 0.0611 e. The van der Waals surface area contributed by atoms with Gasteiger partial charge in [0.15, 0.2) is 0 Å². The third-order valence-corrected chi connectivity index (χ3v) is 5.85. The monoisotopic (exact) mass is 266 g/mol. The molecule has 1 saturated heterocycles. The number of hydrogen-bond acceptors (Lipinski definition) is 3. The van der Waals surface area contributed by atoms with Crippen LogP contribution in [0.5, 0.6) is 0 Å². The lowest BCUT2D eigenvalue weighted by atomic mass is 9.68. The van der Waals surface area contributed by atoms with Crippen molar-refractivity contribution in [1.82, 2.24) is 4.90 Å². The Bertz CT molecular complexity index is 299. The van der Waals surface area contributed by atoms with Crippen LogP contribution in [0.2, 0.25) is 0 Å². The molecule has 3 nitrogen and oxygen atoms in total. The highest BCUT2D eigenvalue weighted by Crippen LogP contribution is 2.46. The molecule has 0 aromatic carbocycles. The van der Waals surface area contributed by atoms with Gasteiger partial charge in [0, 0.05) is 24.7 Å². The Balaban J connectivity index is 1.68. The summed E-state index contributed by atoms with van der Waals surface area (Å²) in [5.74, 6) is 0.956. The Labute approximate surface area is 117 Å². The Morgan fingerprint density at radius 1 is 1.16 bits per heavy atom. The van der Waals surface area contributed by atoms with E-state index in [1.54, 1.807) is 0 Å². The highest BCUT2D eigenvalue weighted by Gasteiger charge is 2.52. The van der Waals surface area contributed by atoms with Gasteiger partial charge in [0.1, 0.15) is 0 Å². The van der Waals surface area contributed by atoms with E-state index < -0.39 is 0 Å². The van der Waals surface area contributed by atoms with Gasteiger partial charge in [-0.15, -0.1) is 0 Å². The molecule has 110 valence electrons. The van der Waals surface area contributed by atoms with E-state index in [0.29, 0.717) is 6.10 Å². The number of hydrogen-bond donors (Lipinski definition) is 1. The first-order chi connectivity index (χ1) is 9.29. The number of nitrogens with zero attached hydrogens (tertiary/aromatic N) is 1. The van der Waals surface area contributed by atoms with Crippen LogP contribution >= 0.6 is 0 Å². The molecule has 3 aliphatic rings. The number of nitrogens with two attached hydrogens (primary N) is 1. The van der Waals surface area contributed by atoms with E-state index in [-0.39, 0.29) is 5.54 Å². The van der Waals surface area contributed by atoms with Crippen LogP contribution in [0.15, 0.2) is 0 Å². The predicted octanol–water partition coefficient (Wildman–Crippen LogP) is 2.54. The summed E-state index contributed by atoms with van der Waals surface area (Å²) in [6.45, 7) is 5.04. The second-order valence-corrected chi connectivity index (χ2v) is 6.86. The molecule has 1 aliphatic heterocycles. The minimum Gasteiger partial charge on any atom is -0.378 e. The molecule has 3 heteroatoms. The molecule has 0 amide bonds. The van der Waals surface area contributed by atoms with Crippen molar-refractivity contribution < 1.29 is 4.74 Å². The van der Waals surface area contributed by atoms with Gasteiger partial charge in [0.05, 0.1) is 6.10 Å². The molecule has 0 unspecified atom stereocenters. The van der Waals surface area contributed by atoms with Crippen LogP contribution in [-0.2, 0) is 4.74 Å². The largest absolute Gasteiger partial charge is 0.378 e. The summed E-state index contributed by atoms with van der Waals surface area (Å²) in [6, 6.07) is 0.827. The normalized spacial score (nSPS) is 43.6. The molecule has 2 N–H and O–H groups in total. The predicted molar refractivity (Wildman–Crippen MR) is 78.1 cm³/mol. The van der Waals surface area contributed by atoms with Crippen LogP contribution < -0.4 is 5.73 Å². The molecule has 3 rings (SSSR count). The second-order valence-electron chi connectivity index (χ2n) is 6.86. The summed E-state index contributed by atoms with van der Waals surface area (Å²) in [4.78, 5) is 2.82. The topological polar surface area (TPSA) is 38.5 Å². The lowest BCUT2D eigenvalue weighted by Gasteiger charge is -2.59. The average Bonchev–Trinajstić information content (AvgIpc) is 2.42. The van der Waals surface area contributed by atoms with Crippen molar-refractivity contribution in [2.45, 2.75) is 76.0 Å². The number of ether oxygens (including phenoxy) is 1. The fourth-order valence-electron chi connectivity index (χ4n) is 4.87. The third kappa shape index (κ3) is 2.45. The van der Waals surface area contributed by atoms with Crippen LogP contribution in [-0.4, -0.2) is 42.3 Å². The first kappa shape index (κ1) is 13.8. The number of likely N-dealkylation sites (tertiary alicyclic amines) is 1. The summed E-state index contributed by atoms with van der Waals surface area (Å²) >= 11 is 0. The first-order valence-corrected chi connectivity index (χ1v) is 8.37. The molecular formula is C16H30N2O. The minimum absolute atomic E-state index is 0.278. The van der Waals surface area contributed by atoms with E-state index in [1.807, 2.05) is 0 Å². The Kier molecular flexibility index (Phi) is 4.16. The molecule has 0 aromatic rings.